The Morgan fingerprint density at radius 3 is 2.75 bits per heavy atom. The van der Waals surface area contributed by atoms with Gasteiger partial charge in [0.25, 0.3) is 0 Å². The van der Waals surface area contributed by atoms with Gasteiger partial charge >= 0.3 is 5.97 Å². The molecule has 0 saturated heterocycles. The molecule has 0 spiro atoms. The minimum atomic E-state index is -1.27. The number of hydrogen-bond acceptors (Lipinski definition) is 4. The number of aromatic carboxylic acids is 1. The van der Waals surface area contributed by atoms with Gasteiger partial charge in [0.2, 0.25) is 0 Å². The molecule has 20 heavy (non-hydrogen) atoms. The van der Waals surface area contributed by atoms with E-state index in [1.807, 2.05) is 0 Å². The monoisotopic (exact) mass is 364 g/mol. The van der Waals surface area contributed by atoms with Crippen LogP contribution in [0.4, 0.5) is 0 Å². The van der Waals surface area contributed by atoms with Gasteiger partial charge in [-0.3, -0.25) is 4.21 Å². The Hall–Kier alpha value is -0.760. The van der Waals surface area contributed by atoms with Gasteiger partial charge in [0.15, 0.2) is 0 Å². The summed E-state index contributed by atoms with van der Waals surface area (Å²) in [5.74, 6) is -0.709. The Bertz CT molecular complexity index is 478. The van der Waals surface area contributed by atoms with Gasteiger partial charge in [0.05, 0.1) is 28.7 Å². The molecule has 0 radical (unpaired) electrons. The second-order valence-corrected chi connectivity index (χ2v) is 6.38. The Kier molecular flexibility index (Phi) is 7.98. The van der Waals surface area contributed by atoms with E-state index in [2.05, 4.69) is 15.9 Å². The average Bonchev–Trinajstić information content (AvgIpc) is 2.42. The van der Waals surface area contributed by atoms with E-state index < -0.39 is 16.8 Å². The topological polar surface area (TPSA) is 72.8 Å². The predicted molar refractivity (Wildman–Crippen MR) is 79.7 cm³/mol. The molecule has 0 amide bonds. The molecule has 0 aromatic heterocycles. The van der Waals surface area contributed by atoms with E-state index >= 15 is 0 Å². The van der Waals surface area contributed by atoms with E-state index in [1.165, 1.54) is 6.07 Å². The van der Waals surface area contributed by atoms with Gasteiger partial charge in [-0.15, -0.1) is 0 Å². The quantitative estimate of drug-likeness (QED) is 0.680. The van der Waals surface area contributed by atoms with Crippen LogP contribution in [0, 0.1) is 0 Å². The molecule has 0 aliphatic carbocycles. The fourth-order valence-corrected chi connectivity index (χ4v) is 2.86. The number of ether oxygens (including phenoxy) is 2. The normalized spacial score (nSPS) is 12.3. The first-order valence-electron chi connectivity index (χ1n) is 6.04. The zero-order valence-electron chi connectivity index (χ0n) is 11.1. The number of rotatable bonds is 9. The van der Waals surface area contributed by atoms with Gasteiger partial charge in [0, 0.05) is 29.7 Å². The van der Waals surface area contributed by atoms with Crippen molar-refractivity contribution in [1.82, 2.24) is 0 Å². The summed E-state index contributed by atoms with van der Waals surface area (Å²) in [5, 5.41) is 9.00. The number of carboxylic acids is 1. The zero-order chi connectivity index (χ0) is 15.0. The SMILES string of the molecule is COCCCOCCS(=O)c1ccc(Br)c(C(=O)O)c1. The van der Waals surface area contributed by atoms with Crippen molar-refractivity contribution >= 4 is 32.7 Å². The largest absolute Gasteiger partial charge is 0.478 e. The highest BCUT2D eigenvalue weighted by Gasteiger charge is 2.12. The molecule has 1 N–H and O–H groups in total. The van der Waals surface area contributed by atoms with Crippen LogP contribution in [0.3, 0.4) is 0 Å². The van der Waals surface area contributed by atoms with E-state index in [-0.39, 0.29) is 5.56 Å². The van der Waals surface area contributed by atoms with E-state index in [9.17, 15) is 9.00 Å². The third kappa shape index (κ3) is 5.70. The van der Waals surface area contributed by atoms with Crippen molar-refractivity contribution in [3.05, 3.63) is 28.2 Å². The molecule has 0 saturated carbocycles. The molecule has 5 nitrogen and oxygen atoms in total. The summed E-state index contributed by atoms with van der Waals surface area (Å²) in [6, 6.07) is 4.67. The van der Waals surface area contributed by atoms with Gasteiger partial charge in [-0.05, 0) is 40.5 Å². The van der Waals surface area contributed by atoms with Crippen LogP contribution in [0.2, 0.25) is 0 Å². The van der Waals surface area contributed by atoms with Gasteiger partial charge in [-0.1, -0.05) is 0 Å². The number of carboxylic acid groups (broad SMARTS) is 1. The molecule has 112 valence electrons. The lowest BCUT2D eigenvalue weighted by atomic mass is 10.2. The summed E-state index contributed by atoms with van der Waals surface area (Å²) < 4.78 is 22.7. The van der Waals surface area contributed by atoms with Crippen LogP contribution in [0.5, 0.6) is 0 Å². The lowest BCUT2D eigenvalue weighted by molar-refractivity contribution is 0.0695. The van der Waals surface area contributed by atoms with Crippen molar-refractivity contribution in [3.8, 4) is 0 Å². The van der Waals surface area contributed by atoms with Crippen molar-refractivity contribution < 1.29 is 23.6 Å². The Balaban J connectivity index is 2.47. The fraction of sp³-hybridized carbons (Fsp3) is 0.462. The minimum absolute atomic E-state index is 0.108. The molecule has 0 heterocycles. The van der Waals surface area contributed by atoms with Crippen LogP contribution in [0.15, 0.2) is 27.6 Å². The van der Waals surface area contributed by atoms with E-state index in [4.69, 9.17) is 14.6 Å². The lowest BCUT2D eigenvalue weighted by Crippen LogP contribution is -2.09. The van der Waals surface area contributed by atoms with Crippen LogP contribution in [-0.4, -0.2) is 48.0 Å². The van der Waals surface area contributed by atoms with Crippen molar-refractivity contribution in [2.45, 2.75) is 11.3 Å². The standard InChI is InChI=1S/C13H17BrO5S/c1-18-5-2-6-19-7-8-20(17)10-3-4-12(14)11(9-10)13(15)16/h3-4,9H,2,5-8H2,1H3,(H,15,16). The zero-order valence-corrected chi connectivity index (χ0v) is 13.5. The van der Waals surface area contributed by atoms with Crippen molar-refractivity contribution in [2.24, 2.45) is 0 Å². The minimum Gasteiger partial charge on any atom is -0.478 e. The lowest BCUT2D eigenvalue weighted by Gasteiger charge is -2.06. The smallest absolute Gasteiger partial charge is 0.336 e. The van der Waals surface area contributed by atoms with Crippen molar-refractivity contribution in [1.29, 1.82) is 0 Å². The van der Waals surface area contributed by atoms with Crippen LogP contribution in [0.25, 0.3) is 0 Å². The van der Waals surface area contributed by atoms with Crippen molar-refractivity contribution in [2.75, 3.05) is 32.7 Å². The second kappa shape index (κ2) is 9.23. The molecule has 1 unspecified atom stereocenters. The third-order valence-electron chi connectivity index (χ3n) is 2.48. The average molecular weight is 365 g/mol. The second-order valence-electron chi connectivity index (χ2n) is 3.96. The highest BCUT2D eigenvalue weighted by atomic mass is 79.9. The molecular weight excluding hydrogens is 348 g/mol. The highest BCUT2D eigenvalue weighted by molar-refractivity contribution is 9.10. The summed E-state index contributed by atoms with van der Waals surface area (Å²) in [6.45, 7) is 1.57. The maximum atomic E-state index is 12.0. The fourth-order valence-electron chi connectivity index (χ4n) is 1.47. The summed E-state index contributed by atoms with van der Waals surface area (Å²) in [7, 11) is 0.361. The number of carbonyl (C=O) groups is 1. The van der Waals surface area contributed by atoms with Gasteiger partial charge in [-0.2, -0.15) is 0 Å². The maximum Gasteiger partial charge on any atom is 0.336 e. The van der Waals surface area contributed by atoms with E-state index in [0.717, 1.165) is 6.42 Å². The molecule has 1 aromatic rings. The van der Waals surface area contributed by atoms with Crippen LogP contribution >= 0.6 is 15.9 Å². The van der Waals surface area contributed by atoms with Crippen LogP contribution < -0.4 is 0 Å². The summed E-state index contributed by atoms with van der Waals surface area (Å²) in [6.07, 6.45) is 0.796. The molecule has 1 rings (SSSR count). The Labute approximate surface area is 128 Å². The van der Waals surface area contributed by atoms with Gasteiger partial charge < -0.3 is 14.6 Å². The number of hydrogen-bond donors (Lipinski definition) is 1. The van der Waals surface area contributed by atoms with Crippen molar-refractivity contribution in [3.63, 3.8) is 0 Å². The highest BCUT2D eigenvalue weighted by Crippen LogP contribution is 2.20. The number of benzene rings is 1. The molecule has 0 bridgehead atoms. The molecular formula is C13H17BrO5S. The summed E-state index contributed by atoms with van der Waals surface area (Å²) in [4.78, 5) is 11.5. The van der Waals surface area contributed by atoms with E-state index in [0.29, 0.717) is 34.9 Å². The van der Waals surface area contributed by atoms with Crippen LogP contribution in [0.1, 0.15) is 16.8 Å². The molecule has 1 atom stereocenters. The van der Waals surface area contributed by atoms with Gasteiger partial charge in [-0.25, -0.2) is 4.79 Å². The predicted octanol–water partition coefficient (Wildman–Crippen LogP) is 2.31. The third-order valence-corrected chi connectivity index (χ3v) is 4.49. The summed E-state index contributed by atoms with van der Waals surface area (Å²) in [5.41, 5.74) is 0.108. The number of halogens is 1. The maximum absolute atomic E-state index is 12.0. The Morgan fingerprint density at radius 2 is 2.10 bits per heavy atom. The first kappa shape index (κ1) is 17.3. The molecule has 0 aliphatic rings. The molecule has 1 aromatic carbocycles. The Morgan fingerprint density at radius 1 is 1.35 bits per heavy atom. The number of methoxy groups -OCH3 is 1. The van der Waals surface area contributed by atoms with Gasteiger partial charge in [0.1, 0.15) is 0 Å². The molecule has 0 aliphatic heterocycles. The molecule has 7 heteroatoms. The molecule has 0 fully saturated rings. The van der Waals surface area contributed by atoms with Crippen LogP contribution in [-0.2, 0) is 20.3 Å². The first-order chi connectivity index (χ1) is 9.56. The summed E-state index contributed by atoms with van der Waals surface area (Å²) >= 11 is 3.15. The van der Waals surface area contributed by atoms with E-state index in [1.54, 1.807) is 19.2 Å². The first-order valence-corrected chi connectivity index (χ1v) is 8.15.